The van der Waals surface area contributed by atoms with Crippen molar-refractivity contribution in [3.63, 3.8) is 0 Å². The Bertz CT molecular complexity index is 974. The van der Waals surface area contributed by atoms with E-state index >= 15 is 0 Å². The number of fused-ring (bicyclic) bond motifs is 3. The fourth-order valence-electron chi connectivity index (χ4n) is 3.59. The zero-order chi connectivity index (χ0) is 19.5. The summed E-state index contributed by atoms with van der Waals surface area (Å²) in [5, 5.41) is 9.17. The summed E-state index contributed by atoms with van der Waals surface area (Å²) in [5.74, 6) is -1.20. The second kappa shape index (κ2) is 7.52. The molecule has 4 rings (SSSR count). The molecule has 0 aliphatic heterocycles. The lowest BCUT2D eigenvalue weighted by Crippen LogP contribution is -2.36. The summed E-state index contributed by atoms with van der Waals surface area (Å²) in [5.41, 5.74) is 4.90. The zero-order valence-electron chi connectivity index (χ0n) is 15.0. The quantitative estimate of drug-likeness (QED) is 0.732. The molecule has 1 aliphatic carbocycles. The minimum Gasteiger partial charge on any atom is -0.480 e. The Labute approximate surface area is 162 Å². The number of carboxylic acid groups (broad SMARTS) is 1. The number of rotatable bonds is 5. The van der Waals surface area contributed by atoms with Gasteiger partial charge in [-0.2, -0.15) is 0 Å². The molecule has 1 aliphatic rings. The molecule has 1 N–H and O–H groups in total. The lowest BCUT2D eigenvalue weighted by molar-refractivity contribution is -0.135. The van der Waals surface area contributed by atoms with Gasteiger partial charge in [-0.15, -0.1) is 0 Å². The molecule has 0 spiro atoms. The number of pyridine rings is 1. The number of hydrogen-bond acceptors (Lipinski definition) is 4. The number of carboxylic acids is 1. The average Bonchev–Trinajstić information content (AvgIpc) is 3.05. The van der Waals surface area contributed by atoms with Gasteiger partial charge in [-0.1, -0.05) is 48.5 Å². The first-order chi connectivity index (χ1) is 13.6. The summed E-state index contributed by atoms with van der Waals surface area (Å²) < 4.78 is 5.56. The van der Waals surface area contributed by atoms with E-state index in [1.165, 1.54) is 12.4 Å². The van der Waals surface area contributed by atoms with Crippen LogP contribution in [0.25, 0.3) is 11.1 Å². The molecule has 1 amide bonds. The molecule has 0 fully saturated rings. The Kier molecular flexibility index (Phi) is 4.76. The maximum Gasteiger partial charge on any atom is 0.414 e. The number of hydrogen-bond donors (Lipinski definition) is 1. The van der Waals surface area contributed by atoms with Gasteiger partial charge in [0.15, 0.2) is 0 Å². The van der Waals surface area contributed by atoms with Crippen molar-refractivity contribution in [2.45, 2.75) is 5.92 Å². The number of amides is 1. The monoisotopic (exact) mass is 374 g/mol. The third-order valence-electron chi connectivity index (χ3n) is 4.82. The molecule has 1 aromatic heterocycles. The number of aromatic nitrogens is 1. The zero-order valence-corrected chi connectivity index (χ0v) is 15.0. The third kappa shape index (κ3) is 3.32. The van der Waals surface area contributed by atoms with Gasteiger partial charge in [0.1, 0.15) is 13.2 Å². The molecule has 0 saturated carbocycles. The molecule has 0 bridgehead atoms. The Morgan fingerprint density at radius 1 is 0.929 bits per heavy atom. The van der Waals surface area contributed by atoms with Gasteiger partial charge in [0.05, 0.1) is 5.69 Å². The topological polar surface area (TPSA) is 79.7 Å². The summed E-state index contributed by atoms with van der Waals surface area (Å²) in [6.45, 7) is -0.352. The number of ether oxygens (including phenoxy) is 1. The maximum absolute atomic E-state index is 12.7. The Hall–Kier alpha value is -3.67. The van der Waals surface area contributed by atoms with Crippen LogP contribution in [0, 0.1) is 0 Å². The molecule has 3 aromatic rings. The molecule has 140 valence electrons. The molecule has 0 radical (unpaired) electrons. The van der Waals surface area contributed by atoms with E-state index in [1.54, 1.807) is 12.1 Å². The molecular formula is C22H18N2O4. The fourth-order valence-corrected chi connectivity index (χ4v) is 3.59. The minimum absolute atomic E-state index is 0.0829. The van der Waals surface area contributed by atoms with Crippen molar-refractivity contribution in [3.8, 4) is 11.1 Å². The Balaban J connectivity index is 1.56. The van der Waals surface area contributed by atoms with Crippen LogP contribution in [0.2, 0.25) is 0 Å². The van der Waals surface area contributed by atoms with Crippen LogP contribution in [0.3, 0.4) is 0 Å². The molecule has 1 heterocycles. The standard InChI is InChI=1S/C22H18N2O4/c25-21(26)13-24(15-9-11-23-12-10-15)22(27)28-14-20-18-7-3-1-5-16(18)17-6-2-4-8-19(17)20/h1-12,20H,13-14H2,(H,25,26). The van der Waals surface area contributed by atoms with E-state index < -0.39 is 18.6 Å². The van der Waals surface area contributed by atoms with E-state index in [2.05, 4.69) is 17.1 Å². The van der Waals surface area contributed by atoms with E-state index in [9.17, 15) is 9.59 Å². The largest absolute Gasteiger partial charge is 0.480 e. The smallest absolute Gasteiger partial charge is 0.414 e. The van der Waals surface area contributed by atoms with Crippen LogP contribution < -0.4 is 4.90 Å². The summed E-state index contributed by atoms with van der Waals surface area (Å²) in [6, 6.07) is 19.2. The Morgan fingerprint density at radius 2 is 1.50 bits per heavy atom. The van der Waals surface area contributed by atoms with Gasteiger partial charge in [-0.3, -0.25) is 14.7 Å². The van der Waals surface area contributed by atoms with E-state index in [-0.39, 0.29) is 12.5 Å². The predicted molar refractivity (Wildman–Crippen MR) is 104 cm³/mol. The van der Waals surface area contributed by atoms with Gasteiger partial charge in [-0.25, -0.2) is 4.79 Å². The van der Waals surface area contributed by atoms with Crippen LogP contribution in [-0.2, 0) is 9.53 Å². The van der Waals surface area contributed by atoms with Crippen molar-refractivity contribution in [2.75, 3.05) is 18.1 Å². The van der Waals surface area contributed by atoms with E-state index in [0.29, 0.717) is 5.69 Å². The second-order valence-corrected chi connectivity index (χ2v) is 6.49. The SMILES string of the molecule is O=C(O)CN(C(=O)OCC1c2ccccc2-c2ccccc21)c1ccncc1. The number of anilines is 1. The van der Waals surface area contributed by atoms with Crippen molar-refractivity contribution in [1.82, 2.24) is 4.98 Å². The number of carbonyl (C=O) groups excluding carboxylic acids is 1. The summed E-state index contributed by atoms with van der Waals surface area (Å²) in [6.07, 6.45) is 2.30. The normalized spacial score (nSPS) is 12.1. The highest BCUT2D eigenvalue weighted by Gasteiger charge is 2.30. The first kappa shape index (κ1) is 17.7. The number of carbonyl (C=O) groups is 2. The number of aliphatic carboxylic acids is 1. The lowest BCUT2D eigenvalue weighted by atomic mass is 9.98. The summed E-state index contributed by atoms with van der Waals surface area (Å²) in [7, 11) is 0. The van der Waals surface area contributed by atoms with Crippen LogP contribution in [0.15, 0.2) is 73.1 Å². The second-order valence-electron chi connectivity index (χ2n) is 6.49. The number of nitrogens with zero attached hydrogens (tertiary/aromatic N) is 2. The maximum atomic E-state index is 12.7. The fraction of sp³-hybridized carbons (Fsp3) is 0.136. The molecule has 2 aromatic carbocycles. The van der Waals surface area contributed by atoms with Gasteiger partial charge in [0.2, 0.25) is 0 Å². The van der Waals surface area contributed by atoms with Crippen molar-refractivity contribution in [3.05, 3.63) is 84.2 Å². The van der Waals surface area contributed by atoms with Gasteiger partial charge in [0, 0.05) is 18.3 Å². The third-order valence-corrected chi connectivity index (χ3v) is 4.82. The Morgan fingerprint density at radius 3 is 2.07 bits per heavy atom. The van der Waals surface area contributed by atoms with Gasteiger partial charge in [-0.05, 0) is 34.4 Å². The predicted octanol–water partition coefficient (Wildman–Crippen LogP) is 3.92. The lowest BCUT2D eigenvalue weighted by Gasteiger charge is -2.22. The summed E-state index contributed by atoms with van der Waals surface area (Å²) >= 11 is 0. The first-order valence-corrected chi connectivity index (χ1v) is 8.89. The molecule has 0 saturated heterocycles. The van der Waals surface area contributed by atoms with E-state index in [0.717, 1.165) is 27.2 Å². The average molecular weight is 374 g/mol. The van der Waals surface area contributed by atoms with E-state index in [4.69, 9.17) is 9.84 Å². The van der Waals surface area contributed by atoms with Crippen LogP contribution in [0.1, 0.15) is 17.0 Å². The first-order valence-electron chi connectivity index (χ1n) is 8.89. The molecule has 0 unspecified atom stereocenters. The highest BCUT2D eigenvalue weighted by atomic mass is 16.6. The van der Waals surface area contributed by atoms with Crippen LogP contribution in [-0.4, -0.2) is 35.3 Å². The number of benzene rings is 2. The van der Waals surface area contributed by atoms with Crippen LogP contribution >= 0.6 is 0 Å². The van der Waals surface area contributed by atoms with Gasteiger partial charge >= 0.3 is 12.1 Å². The van der Waals surface area contributed by atoms with Crippen molar-refractivity contribution >= 4 is 17.7 Å². The molecule has 28 heavy (non-hydrogen) atoms. The van der Waals surface area contributed by atoms with Crippen LogP contribution in [0.5, 0.6) is 0 Å². The summed E-state index contributed by atoms with van der Waals surface area (Å²) in [4.78, 5) is 28.9. The minimum atomic E-state index is -1.12. The van der Waals surface area contributed by atoms with Crippen molar-refractivity contribution < 1.29 is 19.4 Å². The van der Waals surface area contributed by atoms with Crippen LogP contribution in [0.4, 0.5) is 10.5 Å². The molecule has 6 nitrogen and oxygen atoms in total. The highest BCUT2D eigenvalue weighted by Crippen LogP contribution is 2.44. The van der Waals surface area contributed by atoms with Gasteiger partial charge < -0.3 is 9.84 Å². The highest BCUT2D eigenvalue weighted by molar-refractivity contribution is 5.93. The molecule has 0 atom stereocenters. The van der Waals surface area contributed by atoms with Crippen molar-refractivity contribution in [2.24, 2.45) is 0 Å². The van der Waals surface area contributed by atoms with Gasteiger partial charge in [0.25, 0.3) is 0 Å². The molecule has 6 heteroatoms. The van der Waals surface area contributed by atoms with Crippen molar-refractivity contribution in [1.29, 1.82) is 0 Å². The van der Waals surface area contributed by atoms with E-state index in [1.807, 2.05) is 36.4 Å². The molecular weight excluding hydrogens is 356 g/mol.